The number of nitrogens with one attached hydrogen (secondary N) is 1. The quantitative estimate of drug-likeness (QED) is 0.471. The van der Waals surface area contributed by atoms with Crippen molar-refractivity contribution in [1.29, 1.82) is 0 Å². The van der Waals surface area contributed by atoms with E-state index in [1.165, 1.54) is 41.7 Å². The van der Waals surface area contributed by atoms with Gasteiger partial charge < -0.3 is 10.1 Å². The molecular weight excluding hydrogens is 423 g/mol. The van der Waals surface area contributed by atoms with Crippen LogP contribution in [0.5, 0.6) is 0 Å². The monoisotopic (exact) mass is 438 g/mol. The lowest BCUT2D eigenvalue weighted by molar-refractivity contribution is -0.124. The second kappa shape index (κ2) is 8.49. The van der Waals surface area contributed by atoms with Crippen molar-refractivity contribution in [3.8, 4) is 0 Å². The molecule has 156 valence electrons. The molecule has 2 aromatic carbocycles. The number of fused-ring (bicyclic) bond motifs is 1. The van der Waals surface area contributed by atoms with E-state index in [1.807, 2.05) is 17.5 Å². The van der Waals surface area contributed by atoms with Gasteiger partial charge in [-0.1, -0.05) is 6.07 Å². The Bertz CT molecular complexity index is 1180. The van der Waals surface area contributed by atoms with E-state index in [9.17, 15) is 23.6 Å². The van der Waals surface area contributed by atoms with Gasteiger partial charge in [0.1, 0.15) is 5.82 Å². The summed E-state index contributed by atoms with van der Waals surface area (Å²) in [7, 11) is 0. The molecule has 1 aromatic heterocycles. The molecule has 0 aliphatic carbocycles. The molecule has 1 aliphatic rings. The van der Waals surface area contributed by atoms with Crippen LogP contribution in [0.3, 0.4) is 0 Å². The van der Waals surface area contributed by atoms with E-state index in [2.05, 4.69) is 5.32 Å². The number of nitrogens with zero attached hydrogens (tertiary/aromatic N) is 1. The Balaban J connectivity index is 1.42. The molecular formula is C22H15FN2O5S. The summed E-state index contributed by atoms with van der Waals surface area (Å²) in [6.45, 7) is -0.140. The summed E-state index contributed by atoms with van der Waals surface area (Å²) < 4.78 is 18.2. The van der Waals surface area contributed by atoms with Crippen molar-refractivity contribution >= 4 is 40.7 Å². The molecule has 0 spiro atoms. The smallest absolute Gasteiger partial charge is 0.338 e. The lowest BCUT2D eigenvalue weighted by Gasteiger charge is -2.13. The van der Waals surface area contributed by atoms with E-state index in [-0.39, 0.29) is 22.4 Å². The fourth-order valence-electron chi connectivity index (χ4n) is 3.06. The average molecular weight is 438 g/mol. The summed E-state index contributed by atoms with van der Waals surface area (Å²) in [6, 6.07) is 12.6. The molecule has 31 heavy (non-hydrogen) atoms. The molecule has 0 saturated heterocycles. The van der Waals surface area contributed by atoms with E-state index in [4.69, 9.17) is 4.74 Å². The molecule has 0 atom stereocenters. The van der Waals surface area contributed by atoms with Crippen LogP contribution in [0.15, 0.2) is 60.0 Å². The van der Waals surface area contributed by atoms with Gasteiger partial charge in [-0.3, -0.25) is 14.4 Å². The molecule has 2 heterocycles. The van der Waals surface area contributed by atoms with Crippen molar-refractivity contribution in [2.45, 2.75) is 6.54 Å². The third-order valence-corrected chi connectivity index (χ3v) is 5.46. The van der Waals surface area contributed by atoms with Crippen LogP contribution in [-0.2, 0) is 16.1 Å². The first-order chi connectivity index (χ1) is 14.9. The second-order valence-electron chi connectivity index (χ2n) is 6.61. The van der Waals surface area contributed by atoms with Crippen LogP contribution >= 0.6 is 11.3 Å². The van der Waals surface area contributed by atoms with Gasteiger partial charge in [0.2, 0.25) is 0 Å². The molecule has 4 rings (SSSR count). The number of ether oxygens (including phenoxy) is 1. The third kappa shape index (κ3) is 4.22. The maximum atomic E-state index is 13.2. The van der Waals surface area contributed by atoms with E-state index in [0.29, 0.717) is 6.54 Å². The number of amides is 3. The van der Waals surface area contributed by atoms with Crippen LogP contribution in [0, 0.1) is 5.82 Å². The zero-order valence-corrected chi connectivity index (χ0v) is 16.8. The highest BCUT2D eigenvalue weighted by molar-refractivity contribution is 7.09. The Morgan fingerprint density at radius 3 is 2.45 bits per heavy atom. The minimum absolute atomic E-state index is 0.0333. The third-order valence-electron chi connectivity index (χ3n) is 4.58. The zero-order valence-electron chi connectivity index (χ0n) is 16.0. The summed E-state index contributed by atoms with van der Waals surface area (Å²) in [4.78, 5) is 51.4. The summed E-state index contributed by atoms with van der Waals surface area (Å²) in [5, 5.41) is 4.52. The number of benzene rings is 2. The molecule has 3 amide bonds. The fraction of sp³-hybridized carbons (Fsp3) is 0.0909. The number of hydrogen-bond acceptors (Lipinski definition) is 6. The lowest BCUT2D eigenvalue weighted by atomic mass is 10.1. The first-order valence-electron chi connectivity index (χ1n) is 9.18. The van der Waals surface area contributed by atoms with Gasteiger partial charge in [0.25, 0.3) is 17.7 Å². The number of imide groups is 1. The summed E-state index contributed by atoms with van der Waals surface area (Å²) >= 11 is 1.49. The number of hydrogen-bond donors (Lipinski definition) is 1. The summed E-state index contributed by atoms with van der Waals surface area (Å²) in [5.74, 6) is -2.95. The Morgan fingerprint density at radius 1 is 1.00 bits per heavy atom. The van der Waals surface area contributed by atoms with Crippen LogP contribution in [0.4, 0.5) is 10.1 Å². The SMILES string of the molecule is O=C(COC(=O)c1ccc2c(c1)C(=O)N(c1ccc(F)cc1)C2=O)NCc1cccs1. The number of carbonyl (C=O) groups is 4. The standard InChI is InChI=1S/C22H15FN2O5S/c23-14-4-6-15(7-5-14)25-20(27)17-8-3-13(10-18(17)21(25)28)22(29)30-12-19(26)24-11-16-2-1-9-31-16/h1-10H,11-12H2,(H,24,26). The maximum Gasteiger partial charge on any atom is 0.338 e. The topological polar surface area (TPSA) is 92.8 Å². The van der Waals surface area contributed by atoms with Crippen molar-refractivity contribution in [3.63, 3.8) is 0 Å². The summed E-state index contributed by atoms with van der Waals surface area (Å²) in [5.41, 5.74) is 0.413. The van der Waals surface area contributed by atoms with E-state index >= 15 is 0 Å². The first kappa shape index (κ1) is 20.4. The van der Waals surface area contributed by atoms with Gasteiger partial charge in [0, 0.05) is 4.88 Å². The van der Waals surface area contributed by atoms with Gasteiger partial charge in [-0.2, -0.15) is 0 Å². The Labute approximate surface area is 180 Å². The minimum Gasteiger partial charge on any atom is -0.452 e. The van der Waals surface area contributed by atoms with Crippen molar-refractivity contribution in [3.05, 3.63) is 87.4 Å². The van der Waals surface area contributed by atoms with Gasteiger partial charge in [-0.25, -0.2) is 14.1 Å². The average Bonchev–Trinajstić information content (AvgIpc) is 3.38. The Kier molecular flexibility index (Phi) is 5.59. The fourth-order valence-corrected chi connectivity index (χ4v) is 3.70. The lowest BCUT2D eigenvalue weighted by Crippen LogP contribution is -2.29. The molecule has 3 aromatic rings. The molecule has 1 aliphatic heterocycles. The van der Waals surface area contributed by atoms with E-state index in [0.717, 1.165) is 21.9 Å². The molecule has 1 N–H and O–H groups in total. The Hall–Kier alpha value is -3.85. The van der Waals surface area contributed by atoms with Crippen LogP contribution in [-0.4, -0.2) is 30.3 Å². The largest absolute Gasteiger partial charge is 0.452 e. The van der Waals surface area contributed by atoms with Crippen molar-refractivity contribution in [2.24, 2.45) is 0 Å². The molecule has 7 nitrogen and oxygen atoms in total. The predicted octanol–water partition coefficient (Wildman–Crippen LogP) is 3.16. The molecule has 0 fully saturated rings. The van der Waals surface area contributed by atoms with E-state index < -0.39 is 36.1 Å². The van der Waals surface area contributed by atoms with Crippen molar-refractivity contribution < 1.29 is 28.3 Å². The predicted molar refractivity (Wildman–Crippen MR) is 110 cm³/mol. The maximum absolute atomic E-state index is 13.2. The number of esters is 1. The van der Waals surface area contributed by atoms with Crippen LogP contribution in [0.25, 0.3) is 0 Å². The number of halogens is 1. The summed E-state index contributed by atoms with van der Waals surface area (Å²) in [6.07, 6.45) is 0. The normalized spacial score (nSPS) is 12.6. The van der Waals surface area contributed by atoms with Gasteiger partial charge in [-0.15, -0.1) is 11.3 Å². The first-order valence-corrected chi connectivity index (χ1v) is 10.1. The molecule has 0 saturated carbocycles. The van der Waals surface area contributed by atoms with Crippen LogP contribution in [0.2, 0.25) is 0 Å². The highest BCUT2D eigenvalue weighted by Gasteiger charge is 2.37. The number of anilines is 1. The van der Waals surface area contributed by atoms with E-state index in [1.54, 1.807) is 0 Å². The number of carbonyl (C=O) groups excluding carboxylic acids is 4. The molecule has 9 heteroatoms. The number of thiophene rings is 1. The number of rotatable bonds is 6. The molecule has 0 unspecified atom stereocenters. The van der Waals surface area contributed by atoms with Gasteiger partial charge in [0.15, 0.2) is 6.61 Å². The van der Waals surface area contributed by atoms with Gasteiger partial charge >= 0.3 is 5.97 Å². The van der Waals surface area contributed by atoms with Gasteiger partial charge in [0.05, 0.1) is 28.9 Å². The molecule has 0 radical (unpaired) electrons. The highest BCUT2D eigenvalue weighted by atomic mass is 32.1. The van der Waals surface area contributed by atoms with Crippen LogP contribution in [0.1, 0.15) is 36.0 Å². The van der Waals surface area contributed by atoms with Gasteiger partial charge in [-0.05, 0) is 53.9 Å². The second-order valence-corrected chi connectivity index (χ2v) is 7.65. The minimum atomic E-state index is -0.797. The molecule has 0 bridgehead atoms. The van der Waals surface area contributed by atoms with Crippen LogP contribution < -0.4 is 10.2 Å². The van der Waals surface area contributed by atoms with Crippen molar-refractivity contribution in [2.75, 3.05) is 11.5 Å². The van der Waals surface area contributed by atoms with Crippen molar-refractivity contribution in [1.82, 2.24) is 5.32 Å². The highest BCUT2D eigenvalue weighted by Crippen LogP contribution is 2.29. The zero-order chi connectivity index (χ0) is 22.0. The Morgan fingerprint density at radius 2 is 1.74 bits per heavy atom.